The van der Waals surface area contributed by atoms with E-state index in [1.807, 2.05) is 5.57 Å². The standard InChI is InChI=1S/C90H156O4/c1-69(2)43-41-45-71(5)79-54-56-81-77-52-50-74-67-73(58-62-87(74,7)83(77)60-64-89(79,81)9)47-37-33-29-25-21-17-13-11-14-18-22-26-30-34-38-48-85(91)93-66-40-36-32-28-24-20-16-12-15-19-23-27-31-35-39-49-86(92)94-76-59-63-88(8)75(68-76)51-53-78-82-57-55-80(72(6)46-42-44-70(3)4)90(82,10)65-61-84(78)88/h11,14,50-51,69-73,76-84H,12-13,15-49,52-68H2,1-10H3/b14-11-/t71-,72-,73?,76?,77?,78?,79-,80-,81?,82?,83?,84?,87+,88+,89-,90-/m1/s1. The molecule has 6 saturated carbocycles. The lowest BCUT2D eigenvalue weighted by molar-refractivity contribution is -0.151. The molecule has 4 heteroatoms. The molecule has 0 amide bonds. The third-order valence-electron chi connectivity index (χ3n) is 29.4. The highest BCUT2D eigenvalue weighted by Crippen LogP contribution is 2.69. The van der Waals surface area contributed by atoms with Gasteiger partial charge in [0.05, 0.1) is 6.61 Å². The molecule has 0 N–H and O–H groups in total. The summed E-state index contributed by atoms with van der Waals surface area (Å²) in [6.45, 7) is 26.2. The Hall–Kier alpha value is -1.84. The van der Waals surface area contributed by atoms with E-state index in [0.29, 0.717) is 41.1 Å². The average Bonchev–Trinajstić information content (AvgIpc) is 0.970. The molecule has 0 aliphatic heterocycles. The highest BCUT2D eigenvalue weighted by molar-refractivity contribution is 5.69. The van der Waals surface area contributed by atoms with E-state index >= 15 is 0 Å². The first kappa shape index (κ1) is 77.9. The SMILES string of the molecule is CC(C)CCC[C@@H](C)[C@H]1CCC2C3CC=C4CC(CCCCCCCC/C=C\CCCCCCCC(=O)OCCCCCCCCCCCCCCCCCC(=O)OC5CC[C@@]6(C)C(=CCC7C6CC[C@@]6(C)C7CC[C@@H]6[C@H](C)CCCC(C)C)C5)CC[C@]4(C)C3CC[C@@]21C. The lowest BCUT2D eigenvalue weighted by Crippen LogP contribution is -2.51. The second kappa shape index (κ2) is 40.0. The van der Waals surface area contributed by atoms with Crippen molar-refractivity contribution in [1.82, 2.24) is 0 Å². The molecule has 0 aromatic carbocycles. The van der Waals surface area contributed by atoms with E-state index in [0.717, 1.165) is 122 Å². The molecule has 0 saturated heterocycles. The van der Waals surface area contributed by atoms with E-state index in [2.05, 4.69) is 93.5 Å². The maximum atomic E-state index is 13.0. The summed E-state index contributed by atoms with van der Waals surface area (Å²) >= 11 is 0. The molecule has 16 atom stereocenters. The van der Waals surface area contributed by atoms with Crippen LogP contribution in [0, 0.1) is 98.6 Å². The zero-order valence-corrected chi connectivity index (χ0v) is 64.2. The highest BCUT2D eigenvalue weighted by atomic mass is 16.5. The van der Waals surface area contributed by atoms with Gasteiger partial charge < -0.3 is 9.47 Å². The van der Waals surface area contributed by atoms with Crippen molar-refractivity contribution >= 4 is 11.9 Å². The first-order chi connectivity index (χ1) is 45.5. The molecule has 8 rings (SSSR count). The quantitative estimate of drug-likeness (QED) is 0.0346. The number of fused-ring (bicyclic) bond motifs is 10. The summed E-state index contributed by atoms with van der Waals surface area (Å²) in [5, 5.41) is 0. The minimum atomic E-state index is 0.0134. The van der Waals surface area contributed by atoms with Crippen LogP contribution in [0.15, 0.2) is 35.5 Å². The lowest BCUT2D eigenvalue weighted by atomic mass is 9.46. The molecule has 0 aromatic rings. The van der Waals surface area contributed by atoms with Gasteiger partial charge >= 0.3 is 11.9 Å². The zero-order valence-electron chi connectivity index (χ0n) is 64.2. The molecule has 8 unspecified atom stereocenters. The average molecular weight is 1300 g/mol. The zero-order chi connectivity index (χ0) is 66.8. The van der Waals surface area contributed by atoms with Gasteiger partial charge in [0.2, 0.25) is 0 Å². The molecule has 0 radical (unpaired) electrons. The van der Waals surface area contributed by atoms with Crippen LogP contribution in [0.1, 0.15) is 410 Å². The number of unbranched alkanes of at least 4 members (excludes halogenated alkanes) is 25. The molecule has 4 nitrogen and oxygen atoms in total. The third kappa shape index (κ3) is 22.3. The topological polar surface area (TPSA) is 52.6 Å². The van der Waals surface area contributed by atoms with Crippen LogP contribution in [0.2, 0.25) is 0 Å². The van der Waals surface area contributed by atoms with Crippen LogP contribution in [0.4, 0.5) is 0 Å². The fourth-order valence-corrected chi connectivity index (χ4v) is 23.6. The van der Waals surface area contributed by atoms with E-state index in [1.165, 1.54) is 283 Å². The molecule has 6 fully saturated rings. The van der Waals surface area contributed by atoms with Crippen molar-refractivity contribution in [3.8, 4) is 0 Å². The van der Waals surface area contributed by atoms with E-state index in [9.17, 15) is 9.59 Å². The Morgan fingerprint density at radius 2 is 0.840 bits per heavy atom. The number of carbonyl (C=O) groups is 2. The van der Waals surface area contributed by atoms with Gasteiger partial charge in [-0.1, -0.05) is 284 Å². The molecule has 0 aromatic heterocycles. The Balaban J connectivity index is 0.517. The number of carbonyl (C=O) groups excluding carboxylic acids is 2. The van der Waals surface area contributed by atoms with E-state index in [1.54, 1.807) is 5.57 Å². The smallest absolute Gasteiger partial charge is 0.306 e. The van der Waals surface area contributed by atoms with Gasteiger partial charge in [0.25, 0.3) is 0 Å². The monoisotopic (exact) mass is 1300 g/mol. The minimum absolute atomic E-state index is 0.0134. The van der Waals surface area contributed by atoms with Gasteiger partial charge in [0, 0.05) is 19.3 Å². The molecule has 8 aliphatic rings. The fraction of sp³-hybridized carbons (Fsp3) is 0.911. The third-order valence-corrected chi connectivity index (χ3v) is 29.4. The Bertz CT molecular complexity index is 2250. The van der Waals surface area contributed by atoms with Gasteiger partial charge in [-0.15, -0.1) is 0 Å². The van der Waals surface area contributed by atoms with E-state index in [4.69, 9.17) is 9.47 Å². The molecule has 0 bridgehead atoms. The summed E-state index contributed by atoms with van der Waals surface area (Å²) in [6, 6.07) is 0. The Morgan fingerprint density at radius 3 is 1.32 bits per heavy atom. The Labute approximate surface area is 584 Å². The molecule has 8 aliphatic carbocycles. The Morgan fingerprint density at radius 1 is 0.426 bits per heavy atom. The summed E-state index contributed by atoms with van der Waals surface area (Å²) in [4.78, 5) is 25.3. The largest absolute Gasteiger partial charge is 0.466 e. The maximum Gasteiger partial charge on any atom is 0.306 e. The molecular formula is C90H156O4. The van der Waals surface area contributed by atoms with Gasteiger partial charge in [-0.3, -0.25) is 9.59 Å². The number of rotatable bonds is 46. The minimum Gasteiger partial charge on any atom is -0.466 e. The molecule has 540 valence electrons. The van der Waals surface area contributed by atoms with Crippen LogP contribution >= 0.6 is 0 Å². The van der Waals surface area contributed by atoms with Gasteiger partial charge in [0.15, 0.2) is 0 Å². The predicted octanol–water partition coefficient (Wildman–Crippen LogP) is 27.8. The van der Waals surface area contributed by atoms with Gasteiger partial charge in [-0.2, -0.15) is 0 Å². The summed E-state index contributed by atoms with van der Waals surface area (Å²) in [5.41, 5.74) is 5.51. The summed E-state index contributed by atoms with van der Waals surface area (Å²) in [7, 11) is 0. The summed E-state index contributed by atoms with van der Waals surface area (Å²) < 4.78 is 11.8. The number of ether oxygens (including phenoxy) is 2. The predicted molar refractivity (Wildman–Crippen MR) is 403 cm³/mol. The van der Waals surface area contributed by atoms with Gasteiger partial charge in [-0.05, 0) is 240 Å². The van der Waals surface area contributed by atoms with Crippen LogP contribution in [0.3, 0.4) is 0 Å². The first-order valence-corrected chi connectivity index (χ1v) is 42.8. The molecule has 0 heterocycles. The van der Waals surface area contributed by atoms with Crippen LogP contribution in [-0.4, -0.2) is 24.6 Å². The lowest BCUT2D eigenvalue weighted by Gasteiger charge is -2.58. The number of allylic oxidation sites excluding steroid dienone is 5. The van der Waals surface area contributed by atoms with Crippen molar-refractivity contribution in [3.63, 3.8) is 0 Å². The van der Waals surface area contributed by atoms with E-state index in [-0.39, 0.29) is 18.0 Å². The highest BCUT2D eigenvalue weighted by Gasteiger charge is 2.61. The Kier molecular flexibility index (Phi) is 33.1. The molecule has 0 spiro atoms. The normalized spacial score (nSPS) is 32.7. The van der Waals surface area contributed by atoms with Crippen LogP contribution < -0.4 is 0 Å². The van der Waals surface area contributed by atoms with Crippen molar-refractivity contribution in [3.05, 3.63) is 35.5 Å². The first-order valence-electron chi connectivity index (χ1n) is 42.8. The van der Waals surface area contributed by atoms with Crippen molar-refractivity contribution < 1.29 is 19.1 Å². The number of hydrogen-bond acceptors (Lipinski definition) is 4. The van der Waals surface area contributed by atoms with Crippen LogP contribution in [-0.2, 0) is 19.1 Å². The molecule has 94 heavy (non-hydrogen) atoms. The number of hydrogen-bond donors (Lipinski definition) is 0. The summed E-state index contributed by atoms with van der Waals surface area (Å²) in [6.07, 6.45) is 79.6. The van der Waals surface area contributed by atoms with Crippen molar-refractivity contribution in [1.29, 1.82) is 0 Å². The van der Waals surface area contributed by atoms with Crippen LogP contribution in [0.5, 0.6) is 0 Å². The van der Waals surface area contributed by atoms with Crippen LogP contribution in [0.25, 0.3) is 0 Å². The van der Waals surface area contributed by atoms with Crippen molar-refractivity contribution in [2.75, 3.05) is 6.61 Å². The van der Waals surface area contributed by atoms with E-state index < -0.39 is 0 Å². The maximum absolute atomic E-state index is 13.0. The van der Waals surface area contributed by atoms with Crippen molar-refractivity contribution in [2.24, 2.45) is 98.6 Å². The number of esters is 2. The molecular weight excluding hydrogens is 1140 g/mol. The second-order valence-corrected chi connectivity index (χ2v) is 36.8. The fourth-order valence-electron chi connectivity index (χ4n) is 23.6. The van der Waals surface area contributed by atoms with Crippen molar-refractivity contribution in [2.45, 2.75) is 416 Å². The van der Waals surface area contributed by atoms with Gasteiger partial charge in [-0.25, -0.2) is 0 Å². The van der Waals surface area contributed by atoms with Gasteiger partial charge in [0.1, 0.15) is 6.10 Å². The summed E-state index contributed by atoms with van der Waals surface area (Å²) in [5.74, 6) is 11.9. The second-order valence-electron chi connectivity index (χ2n) is 36.8.